The maximum absolute atomic E-state index is 14.5. The second-order valence-corrected chi connectivity index (χ2v) is 9.01. The highest BCUT2D eigenvalue weighted by Crippen LogP contribution is 2.37. The fourth-order valence-corrected chi connectivity index (χ4v) is 4.89. The maximum Gasteiger partial charge on any atom is 0.254 e. The summed E-state index contributed by atoms with van der Waals surface area (Å²) in [7, 11) is 1.87. The topological polar surface area (TPSA) is 76.4 Å². The van der Waals surface area contributed by atoms with E-state index in [0.29, 0.717) is 43.1 Å². The summed E-state index contributed by atoms with van der Waals surface area (Å²) >= 11 is 0. The molecule has 2 aromatic heterocycles. The number of morpholine rings is 1. The Bertz CT molecular complexity index is 1250. The number of hydrogen-bond acceptors (Lipinski definition) is 6. The zero-order valence-electron chi connectivity index (χ0n) is 18.7. The predicted molar refractivity (Wildman–Crippen MR) is 119 cm³/mol. The third kappa shape index (κ3) is 3.47. The van der Waals surface area contributed by atoms with Crippen LogP contribution in [0.3, 0.4) is 0 Å². The van der Waals surface area contributed by atoms with Gasteiger partial charge in [-0.25, -0.2) is 9.37 Å². The molecule has 6 rings (SSSR count). The van der Waals surface area contributed by atoms with Crippen molar-refractivity contribution >= 4 is 11.7 Å². The Labute approximate surface area is 191 Å². The third-order valence-electron chi connectivity index (χ3n) is 6.68. The molecule has 1 aromatic carbocycles. The van der Waals surface area contributed by atoms with Crippen LogP contribution >= 0.6 is 0 Å². The Morgan fingerprint density at radius 3 is 2.85 bits per heavy atom. The van der Waals surface area contributed by atoms with Crippen molar-refractivity contribution in [1.29, 1.82) is 0 Å². The van der Waals surface area contributed by atoms with Crippen LogP contribution < -0.4 is 4.90 Å². The van der Waals surface area contributed by atoms with Gasteiger partial charge in [-0.15, -0.1) is 0 Å². The molecule has 3 aromatic rings. The molecule has 0 N–H and O–H groups in total. The molecular weight excluding hydrogens is 423 g/mol. The van der Waals surface area contributed by atoms with Crippen LogP contribution in [-0.2, 0) is 18.3 Å². The van der Waals surface area contributed by atoms with Crippen molar-refractivity contribution in [3.63, 3.8) is 0 Å². The lowest BCUT2D eigenvalue weighted by atomic mass is 9.96. The highest BCUT2D eigenvalue weighted by molar-refractivity contribution is 5.96. The van der Waals surface area contributed by atoms with Crippen LogP contribution in [0.4, 0.5) is 10.2 Å². The van der Waals surface area contributed by atoms with Crippen LogP contribution in [0.2, 0.25) is 0 Å². The van der Waals surface area contributed by atoms with Gasteiger partial charge >= 0.3 is 0 Å². The lowest BCUT2D eigenvalue weighted by Crippen LogP contribution is -2.42. The van der Waals surface area contributed by atoms with Gasteiger partial charge in [0.2, 0.25) is 0 Å². The Kier molecular flexibility index (Phi) is 4.69. The zero-order chi connectivity index (χ0) is 22.7. The lowest BCUT2D eigenvalue weighted by molar-refractivity contribution is 0.0718. The summed E-state index contributed by atoms with van der Waals surface area (Å²) in [6.07, 6.45) is 5.60. The fourth-order valence-electron chi connectivity index (χ4n) is 4.89. The molecule has 1 saturated heterocycles. The minimum absolute atomic E-state index is 0.0957. The largest absolute Gasteiger partial charge is 0.377 e. The standard InChI is InChI=1S/C24H25FN6O2/c1-14-23-27-20(10-26-14)19-11-29(2)28-21(19)12-31(16-4-5-16)24(32)17-6-3-15(25)9-18(17)22-13-33-8-7-30(22)23/h3,6,9-11,16,22H,4-5,7-8,12-13H2,1-2H3/t22-/m1/s1. The molecule has 170 valence electrons. The summed E-state index contributed by atoms with van der Waals surface area (Å²) in [4.78, 5) is 27.5. The van der Waals surface area contributed by atoms with E-state index in [-0.39, 0.29) is 23.8 Å². The number of aromatic nitrogens is 4. The zero-order valence-corrected chi connectivity index (χ0v) is 18.7. The van der Waals surface area contributed by atoms with E-state index in [1.165, 1.54) is 12.1 Å². The van der Waals surface area contributed by atoms with E-state index in [9.17, 15) is 9.18 Å². The molecule has 4 heterocycles. The highest BCUT2D eigenvalue weighted by atomic mass is 19.1. The van der Waals surface area contributed by atoms with E-state index < -0.39 is 0 Å². The van der Waals surface area contributed by atoms with Gasteiger partial charge in [0.05, 0.1) is 49.1 Å². The van der Waals surface area contributed by atoms with Crippen LogP contribution in [0.5, 0.6) is 0 Å². The quantitative estimate of drug-likeness (QED) is 0.570. The Morgan fingerprint density at radius 2 is 2.03 bits per heavy atom. The molecule has 2 bridgehead atoms. The number of carbonyl (C=O) groups is 1. The van der Waals surface area contributed by atoms with Gasteiger partial charge in [-0.05, 0) is 43.5 Å². The van der Waals surface area contributed by atoms with Gasteiger partial charge in [-0.1, -0.05) is 0 Å². The minimum Gasteiger partial charge on any atom is -0.377 e. The van der Waals surface area contributed by atoms with Crippen LogP contribution in [0, 0.1) is 12.7 Å². The highest BCUT2D eigenvalue weighted by Gasteiger charge is 2.38. The van der Waals surface area contributed by atoms with Crippen molar-refractivity contribution in [2.75, 3.05) is 24.7 Å². The van der Waals surface area contributed by atoms with E-state index in [4.69, 9.17) is 9.72 Å². The Balaban J connectivity index is 1.61. The molecule has 1 atom stereocenters. The van der Waals surface area contributed by atoms with Gasteiger partial charge in [0, 0.05) is 37.0 Å². The molecule has 0 unspecified atom stereocenters. The first-order valence-corrected chi connectivity index (χ1v) is 11.3. The van der Waals surface area contributed by atoms with E-state index >= 15 is 0 Å². The molecule has 1 amide bonds. The Hall–Kier alpha value is -3.33. The Morgan fingerprint density at radius 1 is 1.18 bits per heavy atom. The number of hydrogen-bond donors (Lipinski definition) is 0. The molecule has 33 heavy (non-hydrogen) atoms. The fraction of sp³-hybridized carbons (Fsp3) is 0.417. The first-order valence-electron chi connectivity index (χ1n) is 11.3. The molecule has 2 aliphatic heterocycles. The van der Waals surface area contributed by atoms with Gasteiger partial charge in [0.25, 0.3) is 5.91 Å². The van der Waals surface area contributed by atoms with Crippen molar-refractivity contribution in [3.8, 4) is 11.3 Å². The van der Waals surface area contributed by atoms with E-state index in [1.807, 2.05) is 25.1 Å². The SMILES string of the molecule is Cc1ncc2nc1N1CCOC[C@@H]1c1cc(F)ccc1C(=O)N(C1CC1)Cc1nn(C)cc1-2. The number of rotatable bonds is 1. The van der Waals surface area contributed by atoms with Gasteiger partial charge < -0.3 is 14.5 Å². The summed E-state index contributed by atoms with van der Waals surface area (Å²) in [6.45, 7) is 3.72. The van der Waals surface area contributed by atoms with Gasteiger partial charge in [0.15, 0.2) is 5.82 Å². The minimum atomic E-state index is -0.374. The normalized spacial score (nSPS) is 20.5. The number of nitrogens with zero attached hydrogens (tertiary/aromatic N) is 6. The van der Waals surface area contributed by atoms with Crippen LogP contribution in [0.25, 0.3) is 11.3 Å². The predicted octanol–water partition coefficient (Wildman–Crippen LogP) is 3.02. The summed E-state index contributed by atoms with van der Waals surface area (Å²) < 4.78 is 22.0. The van der Waals surface area contributed by atoms with Crippen molar-refractivity contribution in [3.05, 3.63) is 58.9 Å². The maximum atomic E-state index is 14.5. The molecule has 2 fully saturated rings. The smallest absolute Gasteiger partial charge is 0.254 e. The van der Waals surface area contributed by atoms with Gasteiger partial charge in [-0.3, -0.25) is 14.5 Å². The van der Waals surface area contributed by atoms with Crippen molar-refractivity contribution < 1.29 is 13.9 Å². The second kappa shape index (κ2) is 7.62. The van der Waals surface area contributed by atoms with E-state index in [1.54, 1.807) is 16.9 Å². The molecule has 1 saturated carbocycles. The molecule has 0 radical (unpaired) electrons. The first kappa shape index (κ1) is 20.3. The van der Waals surface area contributed by atoms with Gasteiger partial charge in [0.1, 0.15) is 5.82 Å². The number of benzene rings is 1. The molecule has 1 aliphatic carbocycles. The number of halogens is 1. The summed E-state index contributed by atoms with van der Waals surface area (Å²) in [5, 5.41) is 4.66. The number of fused-ring (bicyclic) bond motifs is 8. The summed E-state index contributed by atoms with van der Waals surface area (Å²) in [5.41, 5.74) is 4.27. The third-order valence-corrected chi connectivity index (χ3v) is 6.68. The number of aryl methyl sites for hydroxylation is 2. The van der Waals surface area contributed by atoms with Gasteiger partial charge in [-0.2, -0.15) is 5.10 Å². The van der Waals surface area contributed by atoms with Crippen LogP contribution in [-0.4, -0.2) is 56.4 Å². The summed E-state index contributed by atoms with van der Waals surface area (Å²) in [6, 6.07) is 4.25. The molecule has 9 heteroatoms. The lowest BCUT2D eigenvalue weighted by Gasteiger charge is -2.38. The van der Waals surface area contributed by atoms with Crippen molar-refractivity contribution in [2.24, 2.45) is 7.05 Å². The van der Waals surface area contributed by atoms with E-state index in [0.717, 1.165) is 35.6 Å². The number of amides is 1. The summed E-state index contributed by atoms with van der Waals surface area (Å²) in [5.74, 6) is 0.250. The van der Waals surface area contributed by atoms with Crippen LogP contribution in [0.1, 0.15) is 46.2 Å². The monoisotopic (exact) mass is 448 g/mol. The van der Waals surface area contributed by atoms with Crippen LogP contribution in [0.15, 0.2) is 30.6 Å². The molecular formula is C24H25FN6O2. The molecule has 0 spiro atoms. The second-order valence-electron chi connectivity index (χ2n) is 9.01. The van der Waals surface area contributed by atoms with Crippen molar-refractivity contribution in [2.45, 2.75) is 38.4 Å². The number of anilines is 1. The average Bonchev–Trinajstić information content (AvgIpc) is 3.59. The van der Waals surface area contributed by atoms with E-state index in [2.05, 4.69) is 15.0 Å². The molecule has 3 aliphatic rings. The average molecular weight is 449 g/mol. The first-order chi connectivity index (χ1) is 16.0. The number of carbonyl (C=O) groups excluding carboxylic acids is 1. The number of ether oxygens (including phenoxy) is 1. The molecule has 8 nitrogen and oxygen atoms in total. The van der Waals surface area contributed by atoms with Crippen molar-refractivity contribution in [1.82, 2.24) is 24.6 Å².